The molecule has 0 spiro atoms. The topological polar surface area (TPSA) is 17.1 Å². The van der Waals surface area contributed by atoms with E-state index < -0.39 is 61.0 Å². The summed E-state index contributed by atoms with van der Waals surface area (Å²) >= 11 is 0. The average Bonchev–Trinajstić information content (AvgIpc) is 2.39. The smallest absolute Gasteiger partial charge is 0.309 e. The van der Waals surface area contributed by atoms with Crippen LogP contribution in [0.4, 0.5) is 70.2 Å². The highest BCUT2D eigenvalue weighted by Crippen LogP contribution is 2.81. The number of rotatable bonds is 5. The summed E-state index contributed by atoms with van der Waals surface area (Å²) in [5.41, 5.74) is -21.4. The minimum absolute atomic E-state index is 3.56. The number of halogens is 16. The second kappa shape index (κ2) is 7.03. The fraction of sp³-hybridized carbons (Fsp3) is 0.778. The van der Waals surface area contributed by atoms with Crippen LogP contribution in [0.15, 0.2) is 11.9 Å². The Morgan fingerprint density at radius 3 is 1.15 bits per heavy atom. The number of allylic oxidation sites excluding steroid dienone is 1. The van der Waals surface area contributed by atoms with Gasteiger partial charge in [-0.25, -0.2) is 4.39 Å². The summed E-state index contributed by atoms with van der Waals surface area (Å²) in [6, 6.07) is 0. The van der Waals surface area contributed by atoms with Gasteiger partial charge in [0.05, 0.1) is 0 Å². The maximum Gasteiger partial charge on any atom is 0.461 e. The van der Waals surface area contributed by atoms with Gasteiger partial charge in [-0.05, 0) is 0 Å². The summed E-state index contributed by atoms with van der Waals surface area (Å²) in [5.74, 6) is -3.56. The minimum Gasteiger partial charge on any atom is -0.309 e. The van der Waals surface area contributed by atoms with E-state index in [0.29, 0.717) is 0 Å². The molecule has 0 heterocycles. The Hall–Kier alpha value is -1.15. The predicted octanol–water partition coefficient (Wildman–Crippen LogP) is 7.06. The van der Waals surface area contributed by atoms with Gasteiger partial charge in [0.15, 0.2) is 5.83 Å². The van der Waals surface area contributed by atoms with E-state index in [2.05, 4.69) is 0 Å². The molecule has 0 aliphatic heterocycles. The monoisotopic (exact) mass is 462 g/mol. The SMILES string of the molecule is O=P(C(CC(F)=C(F)F)C(F)(F)F)(C(F)(F)C(F)(F)F)C(F)(F)C(F)(F)F. The number of hydrogen-bond donors (Lipinski definition) is 0. The van der Waals surface area contributed by atoms with Gasteiger partial charge < -0.3 is 4.57 Å². The predicted molar refractivity (Wildman–Crippen MR) is 54.4 cm³/mol. The fourth-order valence-corrected chi connectivity index (χ4v) is 4.36. The number of hydrogen-bond acceptors (Lipinski definition) is 1. The molecule has 1 nitrogen and oxygen atoms in total. The Bertz CT molecular complexity index is 587. The first-order valence-electron chi connectivity index (χ1n) is 5.71. The van der Waals surface area contributed by atoms with Crippen LogP contribution in [0.2, 0.25) is 0 Å². The van der Waals surface area contributed by atoms with Gasteiger partial charge in [-0.2, -0.15) is 65.9 Å². The lowest BCUT2D eigenvalue weighted by atomic mass is 10.3. The summed E-state index contributed by atoms with van der Waals surface area (Å²) in [6.45, 7) is 0. The molecule has 0 aromatic heterocycles. The average molecular weight is 462 g/mol. The molecule has 162 valence electrons. The quantitative estimate of drug-likeness (QED) is 0.316. The zero-order valence-electron chi connectivity index (χ0n) is 11.7. The minimum atomic E-state index is -9.34. The third-order valence-corrected chi connectivity index (χ3v) is 6.44. The molecule has 0 aliphatic carbocycles. The number of alkyl halides is 13. The molecular weight excluding hydrogens is 459 g/mol. The van der Waals surface area contributed by atoms with Crippen LogP contribution in [0.3, 0.4) is 0 Å². The van der Waals surface area contributed by atoms with Crippen LogP contribution in [0, 0.1) is 0 Å². The van der Waals surface area contributed by atoms with Crippen molar-refractivity contribution in [2.24, 2.45) is 0 Å². The molecule has 0 saturated heterocycles. The van der Waals surface area contributed by atoms with Gasteiger partial charge in [0, 0.05) is 6.42 Å². The van der Waals surface area contributed by atoms with Crippen molar-refractivity contribution in [3.8, 4) is 0 Å². The lowest BCUT2D eigenvalue weighted by molar-refractivity contribution is -0.269. The Kier molecular flexibility index (Phi) is 6.73. The normalized spacial score (nSPS) is 16.3. The van der Waals surface area contributed by atoms with Crippen molar-refractivity contribution in [1.82, 2.24) is 0 Å². The van der Waals surface area contributed by atoms with Gasteiger partial charge in [-0.15, -0.1) is 0 Å². The maximum atomic E-state index is 13.2. The van der Waals surface area contributed by atoms with E-state index in [4.69, 9.17) is 0 Å². The van der Waals surface area contributed by atoms with Crippen molar-refractivity contribution in [3.05, 3.63) is 11.9 Å². The lowest BCUT2D eigenvalue weighted by Crippen LogP contribution is -2.53. The van der Waals surface area contributed by atoms with E-state index in [1.54, 1.807) is 0 Å². The molecule has 0 radical (unpaired) electrons. The van der Waals surface area contributed by atoms with Crippen LogP contribution in [0.1, 0.15) is 6.42 Å². The summed E-state index contributed by atoms with van der Waals surface area (Å²) in [7, 11) is -9.34. The molecule has 0 aromatic carbocycles. The Morgan fingerprint density at radius 1 is 0.667 bits per heavy atom. The molecule has 18 heteroatoms. The van der Waals surface area contributed by atoms with Crippen molar-refractivity contribution < 1.29 is 74.8 Å². The van der Waals surface area contributed by atoms with Gasteiger partial charge in [-0.1, -0.05) is 0 Å². The highest BCUT2D eigenvalue weighted by molar-refractivity contribution is 7.67. The van der Waals surface area contributed by atoms with Crippen LogP contribution in [0.5, 0.6) is 0 Å². The van der Waals surface area contributed by atoms with Crippen molar-refractivity contribution >= 4 is 7.14 Å². The second-order valence-electron chi connectivity index (χ2n) is 4.66. The van der Waals surface area contributed by atoms with Crippen molar-refractivity contribution in [2.45, 2.75) is 41.9 Å². The highest BCUT2D eigenvalue weighted by atomic mass is 31.2. The largest absolute Gasteiger partial charge is 0.461 e. The molecule has 0 aliphatic rings. The van der Waals surface area contributed by atoms with Crippen molar-refractivity contribution in [1.29, 1.82) is 0 Å². The summed E-state index contributed by atoms with van der Waals surface area (Å²) in [5, 5.41) is 0. The van der Waals surface area contributed by atoms with Gasteiger partial charge in [-0.3, -0.25) is 0 Å². The first-order valence-corrected chi connectivity index (χ1v) is 7.49. The van der Waals surface area contributed by atoms with Gasteiger partial charge in [0.25, 0.3) is 7.14 Å². The van der Waals surface area contributed by atoms with Gasteiger partial charge in [0.2, 0.25) is 0 Å². The molecule has 0 rings (SSSR count). The fourth-order valence-electron chi connectivity index (χ4n) is 1.64. The Morgan fingerprint density at radius 2 is 0.963 bits per heavy atom. The van der Waals surface area contributed by atoms with E-state index in [1.807, 2.05) is 0 Å². The van der Waals surface area contributed by atoms with Crippen LogP contribution in [-0.4, -0.2) is 35.5 Å². The zero-order chi connectivity index (χ0) is 22.4. The summed E-state index contributed by atoms with van der Waals surface area (Å²) < 4.78 is 212. The summed E-state index contributed by atoms with van der Waals surface area (Å²) in [4.78, 5) is 0. The first-order chi connectivity index (χ1) is 11.5. The molecule has 1 unspecified atom stereocenters. The lowest BCUT2D eigenvalue weighted by Gasteiger charge is -2.39. The van der Waals surface area contributed by atoms with Crippen LogP contribution >= 0.6 is 7.14 Å². The summed E-state index contributed by atoms with van der Waals surface area (Å²) in [6.07, 6.45) is -29.8. The van der Waals surface area contributed by atoms with E-state index >= 15 is 0 Å². The second-order valence-corrected chi connectivity index (χ2v) is 7.73. The van der Waals surface area contributed by atoms with Crippen molar-refractivity contribution in [3.63, 3.8) is 0 Å². The van der Waals surface area contributed by atoms with E-state index in [-0.39, 0.29) is 0 Å². The van der Waals surface area contributed by atoms with E-state index in [9.17, 15) is 74.8 Å². The molecular formula is C9H3F16OP. The third-order valence-electron chi connectivity index (χ3n) is 2.91. The Balaban J connectivity index is 7.20. The van der Waals surface area contributed by atoms with Crippen LogP contribution < -0.4 is 0 Å². The third kappa shape index (κ3) is 4.31. The first kappa shape index (κ1) is 25.8. The van der Waals surface area contributed by atoms with Gasteiger partial charge >= 0.3 is 35.9 Å². The molecule has 0 saturated carbocycles. The van der Waals surface area contributed by atoms with Crippen molar-refractivity contribution in [2.75, 3.05) is 0 Å². The molecule has 27 heavy (non-hydrogen) atoms. The molecule has 0 N–H and O–H groups in total. The molecule has 0 amide bonds. The van der Waals surface area contributed by atoms with Crippen LogP contribution in [-0.2, 0) is 4.57 Å². The molecule has 0 fully saturated rings. The van der Waals surface area contributed by atoms with E-state index in [1.165, 1.54) is 0 Å². The standard InChI is InChI=1S/C9H3F16OP/c10-2(4(11)12)1-3(5(13,14)15)27(26,8(22,23)6(16,17)18)9(24,25)7(19,20)21/h3H,1H2. The highest BCUT2D eigenvalue weighted by Gasteiger charge is 2.87. The zero-order valence-corrected chi connectivity index (χ0v) is 12.6. The van der Waals surface area contributed by atoms with E-state index in [0.717, 1.165) is 0 Å². The van der Waals surface area contributed by atoms with Gasteiger partial charge in [0.1, 0.15) is 5.66 Å². The molecule has 0 aromatic rings. The van der Waals surface area contributed by atoms with Crippen LogP contribution in [0.25, 0.3) is 0 Å². The molecule has 0 bridgehead atoms. The Labute approximate surface area is 137 Å². The maximum absolute atomic E-state index is 13.2. The molecule has 1 atom stereocenters.